The first-order valence-corrected chi connectivity index (χ1v) is 6.72. The summed E-state index contributed by atoms with van der Waals surface area (Å²) < 4.78 is 0. The molecule has 0 radical (unpaired) electrons. The molecule has 14 heavy (non-hydrogen) atoms. The van der Waals surface area contributed by atoms with Crippen LogP contribution in [0.1, 0.15) is 51.9 Å². The zero-order valence-electron chi connectivity index (χ0n) is 9.13. The average Bonchev–Trinajstić information content (AvgIpc) is 2.15. The third-order valence-electron chi connectivity index (χ3n) is 2.07. The van der Waals surface area contributed by atoms with Gasteiger partial charge in [0.25, 0.3) is 0 Å². The number of carboxylic acids is 1. The van der Waals surface area contributed by atoms with E-state index in [4.69, 9.17) is 5.11 Å². The molecule has 0 heterocycles. The fourth-order valence-corrected chi connectivity index (χ4v) is 2.23. The number of unbranched alkanes of at least 4 members (excludes halogenated alkanes) is 4. The SMILES string of the molecule is CCCCCSCCCCCC(=O)O. The summed E-state index contributed by atoms with van der Waals surface area (Å²) in [6.07, 6.45) is 7.37. The van der Waals surface area contributed by atoms with E-state index < -0.39 is 5.97 Å². The predicted molar refractivity (Wildman–Crippen MR) is 63.0 cm³/mol. The molecule has 1 N–H and O–H groups in total. The molecule has 0 saturated heterocycles. The predicted octanol–water partition coefficient (Wildman–Crippen LogP) is 3.55. The van der Waals surface area contributed by atoms with E-state index in [1.54, 1.807) is 0 Å². The Morgan fingerprint density at radius 2 is 1.71 bits per heavy atom. The van der Waals surface area contributed by atoms with Crippen molar-refractivity contribution in [2.45, 2.75) is 51.9 Å². The van der Waals surface area contributed by atoms with Gasteiger partial charge in [0.2, 0.25) is 0 Å². The molecule has 0 amide bonds. The van der Waals surface area contributed by atoms with Gasteiger partial charge in [-0.3, -0.25) is 4.79 Å². The Bertz CT molecular complexity index is 137. The summed E-state index contributed by atoms with van der Waals surface area (Å²) >= 11 is 2.00. The Kier molecular flexibility index (Phi) is 10.8. The van der Waals surface area contributed by atoms with Crippen LogP contribution in [0.3, 0.4) is 0 Å². The van der Waals surface area contributed by atoms with Gasteiger partial charge in [-0.1, -0.05) is 26.2 Å². The number of carboxylic acid groups (broad SMARTS) is 1. The third kappa shape index (κ3) is 11.8. The molecule has 0 rings (SSSR count). The molecule has 0 aliphatic carbocycles. The van der Waals surface area contributed by atoms with E-state index in [2.05, 4.69) is 6.92 Å². The van der Waals surface area contributed by atoms with Crippen LogP contribution >= 0.6 is 11.8 Å². The van der Waals surface area contributed by atoms with Gasteiger partial charge >= 0.3 is 5.97 Å². The molecule has 0 aromatic rings. The lowest BCUT2D eigenvalue weighted by atomic mass is 10.2. The second-order valence-electron chi connectivity index (χ2n) is 3.52. The van der Waals surface area contributed by atoms with Gasteiger partial charge in [0.15, 0.2) is 0 Å². The molecule has 0 saturated carbocycles. The molecule has 0 bridgehead atoms. The van der Waals surface area contributed by atoms with E-state index in [9.17, 15) is 4.79 Å². The van der Waals surface area contributed by atoms with E-state index in [1.165, 1.54) is 37.2 Å². The van der Waals surface area contributed by atoms with Gasteiger partial charge in [-0.15, -0.1) is 0 Å². The standard InChI is InChI=1S/C11H22O2S/c1-2-3-6-9-14-10-7-4-5-8-11(12)13/h2-10H2,1H3,(H,12,13). The summed E-state index contributed by atoms with van der Waals surface area (Å²) in [6.45, 7) is 2.22. The molecule has 0 spiro atoms. The minimum absolute atomic E-state index is 0.334. The lowest BCUT2D eigenvalue weighted by Gasteiger charge is -2.00. The van der Waals surface area contributed by atoms with E-state index in [0.717, 1.165) is 12.8 Å². The highest BCUT2D eigenvalue weighted by Crippen LogP contribution is 2.10. The number of hydrogen-bond acceptors (Lipinski definition) is 2. The number of carbonyl (C=O) groups is 1. The van der Waals surface area contributed by atoms with Crippen molar-refractivity contribution in [3.8, 4) is 0 Å². The maximum absolute atomic E-state index is 10.2. The van der Waals surface area contributed by atoms with Crippen LogP contribution < -0.4 is 0 Å². The quantitative estimate of drug-likeness (QED) is 0.570. The maximum atomic E-state index is 10.2. The highest BCUT2D eigenvalue weighted by atomic mass is 32.2. The van der Waals surface area contributed by atoms with Crippen LogP contribution in [0.15, 0.2) is 0 Å². The molecule has 84 valence electrons. The molecule has 0 aliphatic heterocycles. The molecule has 0 aliphatic rings. The Morgan fingerprint density at radius 1 is 1.07 bits per heavy atom. The lowest BCUT2D eigenvalue weighted by Crippen LogP contribution is -1.94. The summed E-state index contributed by atoms with van der Waals surface area (Å²) in [6, 6.07) is 0. The van der Waals surface area contributed by atoms with Crippen molar-refractivity contribution < 1.29 is 9.90 Å². The molecular formula is C11H22O2S. The van der Waals surface area contributed by atoms with Crippen molar-refractivity contribution in [1.82, 2.24) is 0 Å². The smallest absolute Gasteiger partial charge is 0.303 e. The van der Waals surface area contributed by atoms with Crippen LogP contribution in [-0.4, -0.2) is 22.6 Å². The number of thioether (sulfide) groups is 1. The largest absolute Gasteiger partial charge is 0.481 e. The molecule has 2 nitrogen and oxygen atoms in total. The molecule has 3 heteroatoms. The van der Waals surface area contributed by atoms with E-state index in [0.29, 0.717) is 6.42 Å². The molecule has 0 aromatic heterocycles. The van der Waals surface area contributed by atoms with E-state index in [-0.39, 0.29) is 0 Å². The second kappa shape index (κ2) is 10.9. The highest BCUT2D eigenvalue weighted by Gasteiger charge is 1.96. The molecular weight excluding hydrogens is 196 g/mol. The summed E-state index contributed by atoms with van der Waals surface area (Å²) in [5.41, 5.74) is 0. The minimum Gasteiger partial charge on any atom is -0.481 e. The zero-order chi connectivity index (χ0) is 10.6. The zero-order valence-corrected chi connectivity index (χ0v) is 9.94. The van der Waals surface area contributed by atoms with Crippen LogP contribution in [0.25, 0.3) is 0 Å². The first-order chi connectivity index (χ1) is 6.77. The Balaban J connectivity index is 2.88. The first kappa shape index (κ1) is 13.8. The van der Waals surface area contributed by atoms with Crippen LogP contribution in [0.4, 0.5) is 0 Å². The van der Waals surface area contributed by atoms with Gasteiger partial charge in [0.1, 0.15) is 0 Å². The van der Waals surface area contributed by atoms with Gasteiger partial charge < -0.3 is 5.11 Å². The topological polar surface area (TPSA) is 37.3 Å². The van der Waals surface area contributed by atoms with Crippen molar-refractivity contribution in [3.63, 3.8) is 0 Å². The van der Waals surface area contributed by atoms with E-state index in [1.807, 2.05) is 11.8 Å². The Labute approximate surface area is 91.5 Å². The fourth-order valence-electron chi connectivity index (χ4n) is 1.21. The Morgan fingerprint density at radius 3 is 2.29 bits per heavy atom. The lowest BCUT2D eigenvalue weighted by molar-refractivity contribution is -0.137. The van der Waals surface area contributed by atoms with Gasteiger partial charge in [-0.25, -0.2) is 0 Å². The maximum Gasteiger partial charge on any atom is 0.303 e. The highest BCUT2D eigenvalue weighted by molar-refractivity contribution is 7.99. The normalized spacial score (nSPS) is 10.4. The van der Waals surface area contributed by atoms with Gasteiger partial charge in [-0.05, 0) is 30.8 Å². The third-order valence-corrected chi connectivity index (χ3v) is 3.23. The number of hydrogen-bond donors (Lipinski definition) is 1. The molecule has 0 aromatic carbocycles. The van der Waals surface area contributed by atoms with Gasteiger partial charge in [-0.2, -0.15) is 11.8 Å². The monoisotopic (exact) mass is 218 g/mol. The van der Waals surface area contributed by atoms with E-state index >= 15 is 0 Å². The second-order valence-corrected chi connectivity index (χ2v) is 4.75. The van der Waals surface area contributed by atoms with Crippen molar-refractivity contribution in [1.29, 1.82) is 0 Å². The van der Waals surface area contributed by atoms with Crippen molar-refractivity contribution in [2.24, 2.45) is 0 Å². The fraction of sp³-hybridized carbons (Fsp3) is 0.909. The first-order valence-electron chi connectivity index (χ1n) is 5.57. The van der Waals surface area contributed by atoms with Crippen LogP contribution in [-0.2, 0) is 4.79 Å². The molecule has 0 atom stereocenters. The average molecular weight is 218 g/mol. The summed E-state index contributed by atoms with van der Waals surface area (Å²) in [5, 5.41) is 8.41. The van der Waals surface area contributed by atoms with Crippen molar-refractivity contribution >= 4 is 17.7 Å². The summed E-state index contributed by atoms with van der Waals surface area (Å²) in [4.78, 5) is 10.2. The summed E-state index contributed by atoms with van der Waals surface area (Å²) in [5.74, 6) is 1.80. The van der Waals surface area contributed by atoms with Crippen LogP contribution in [0.2, 0.25) is 0 Å². The number of aliphatic carboxylic acids is 1. The van der Waals surface area contributed by atoms with Crippen LogP contribution in [0, 0.1) is 0 Å². The number of rotatable bonds is 10. The van der Waals surface area contributed by atoms with Crippen LogP contribution in [0.5, 0.6) is 0 Å². The minimum atomic E-state index is -0.666. The van der Waals surface area contributed by atoms with Gasteiger partial charge in [0.05, 0.1) is 0 Å². The van der Waals surface area contributed by atoms with Crippen molar-refractivity contribution in [2.75, 3.05) is 11.5 Å². The Hall–Kier alpha value is -0.180. The molecule has 0 unspecified atom stereocenters. The summed E-state index contributed by atoms with van der Waals surface area (Å²) in [7, 11) is 0. The van der Waals surface area contributed by atoms with Gasteiger partial charge in [0, 0.05) is 6.42 Å². The molecule has 0 fully saturated rings. The van der Waals surface area contributed by atoms with Crippen molar-refractivity contribution in [3.05, 3.63) is 0 Å².